The van der Waals surface area contributed by atoms with Crippen LogP contribution in [0.15, 0.2) is 24.3 Å². The van der Waals surface area contributed by atoms with Gasteiger partial charge in [-0.2, -0.15) is 0 Å². The Labute approximate surface area is 125 Å². The molecule has 0 aromatic heterocycles. The summed E-state index contributed by atoms with van der Waals surface area (Å²) in [7, 11) is 6.85. The van der Waals surface area contributed by atoms with E-state index in [0.717, 1.165) is 10.6 Å². The highest BCUT2D eigenvalue weighted by atomic mass is 16.5. The molecule has 6 nitrogen and oxygen atoms in total. The molecule has 21 heavy (non-hydrogen) atoms. The summed E-state index contributed by atoms with van der Waals surface area (Å²) in [5.41, 5.74) is 0.709. The lowest BCUT2D eigenvalue weighted by Gasteiger charge is -2.23. The van der Waals surface area contributed by atoms with Crippen LogP contribution in [-0.4, -0.2) is 57.6 Å². The van der Waals surface area contributed by atoms with Crippen molar-refractivity contribution in [1.82, 2.24) is 4.90 Å². The summed E-state index contributed by atoms with van der Waals surface area (Å²) >= 11 is 0. The van der Waals surface area contributed by atoms with Gasteiger partial charge in [0, 0.05) is 19.8 Å². The van der Waals surface area contributed by atoms with Gasteiger partial charge in [0.15, 0.2) is 12.6 Å². The van der Waals surface area contributed by atoms with Crippen LogP contribution in [0.3, 0.4) is 0 Å². The van der Waals surface area contributed by atoms with Gasteiger partial charge in [0.1, 0.15) is 5.75 Å². The maximum Gasteiger partial charge on any atom is 0.280 e. The number of methoxy groups -OCH3 is 1. The van der Waals surface area contributed by atoms with E-state index in [1.165, 1.54) is 4.90 Å². The second-order valence-electron chi connectivity index (χ2n) is 5.25. The van der Waals surface area contributed by atoms with E-state index in [-0.39, 0.29) is 24.4 Å². The molecule has 0 spiro atoms. The number of hydrogen-bond acceptors (Lipinski definition) is 3. The molecule has 2 amide bonds. The van der Waals surface area contributed by atoms with Crippen molar-refractivity contribution in [3.8, 4) is 5.75 Å². The Balaban J connectivity index is 2.54. The highest BCUT2D eigenvalue weighted by molar-refractivity contribution is 5.91. The van der Waals surface area contributed by atoms with Gasteiger partial charge in [0.2, 0.25) is 0 Å². The zero-order valence-electron chi connectivity index (χ0n) is 13.3. The maximum atomic E-state index is 12.0. The molecule has 0 aliphatic rings. The average molecular weight is 294 g/mol. The molecule has 0 bridgehead atoms. The number of nitrogens with one attached hydrogen (secondary N) is 2. The summed E-state index contributed by atoms with van der Waals surface area (Å²) in [6.07, 6.45) is 0. The fourth-order valence-electron chi connectivity index (χ4n) is 1.88. The third-order valence-corrected chi connectivity index (χ3v) is 3.36. The smallest absolute Gasteiger partial charge is 0.280 e. The SMILES string of the molecule is COc1ccc(NC(=O)C[NH+](C)[C@@H](C)C(=O)N(C)C)cc1. The van der Waals surface area contributed by atoms with Gasteiger partial charge < -0.3 is 19.9 Å². The fraction of sp³-hybridized carbons (Fsp3) is 0.467. The summed E-state index contributed by atoms with van der Waals surface area (Å²) in [5, 5.41) is 2.81. The van der Waals surface area contributed by atoms with E-state index in [2.05, 4.69) is 5.32 Å². The topological polar surface area (TPSA) is 63.1 Å². The molecule has 1 aromatic carbocycles. The van der Waals surface area contributed by atoms with Gasteiger partial charge in [0.25, 0.3) is 11.8 Å². The van der Waals surface area contributed by atoms with Crippen LogP contribution in [0.5, 0.6) is 5.75 Å². The number of rotatable bonds is 6. The van der Waals surface area contributed by atoms with Gasteiger partial charge >= 0.3 is 0 Å². The van der Waals surface area contributed by atoms with Crippen LogP contribution in [0.25, 0.3) is 0 Å². The van der Waals surface area contributed by atoms with Gasteiger partial charge in [0.05, 0.1) is 14.2 Å². The fourth-order valence-corrected chi connectivity index (χ4v) is 1.88. The Morgan fingerprint density at radius 1 is 1.29 bits per heavy atom. The van der Waals surface area contributed by atoms with Crippen molar-refractivity contribution in [1.29, 1.82) is 0 Å². The first-order chi connectivity index (χ1) is 9.85. The number of carbonyl (C=O) groups excluding carboxylic acids is 2. The number of carbonyl (C=O) groups is 2. The largest absolute Gasteiger partial charge is 0.497 e. The van der Waals surface area contributed by atoms with Crippen LogP contribution in [0, 0.1) is 0 Å². The van der Waals surface area contributed by atoms with Crippen LogP contribution in [0.2, 0.25) is 0 Å². The molecule has 1 unspecified atom stereocenters. The molecule has 6 heteroatoms. The Kier molecular flexibility index (Phi) is 6.17. The van der Waals surface area contributed by atoms with E-state index >= 15 is 0 Å². The van der Waals surface area contributed by atoms with Crippen molar-refractivity contribution in [2.24, 2.45) is 0 Å². The molecular weight excluding hydrogens is 270 g/mol. The predicted octanol–water partition coefficient (Wildman–Crippen LogP) is -0.375. The summed E-state index contributed by atoms with van der Waals surface area (Å²) in [4.78, 5) is 26.2. The minimum atomic E-state index is -0.262. The zero-order chi connectivity index (χ0) is 16.0. The van der Waals surface area contributed by atoms with Gasteiger partial charge in [-0.15, -0.1) is 0 Å². The van der Waals surface area contributed by atoms with Crippen molar-refractivity contribution >= 4 is 17.5 Å². The van der Waals surface area contributed by atoms with Gasteiger partial charge in [-0.3, -0.25) is 9.59 Å². The monoisotopic (exact) mass is 294 g/mol. The number of benzene rings is 1. The van der Waals surface area contributed by atoms with Crippen LogP contribution in [0.4, 0.5) is 5.69 Å². The Morgan fingerprint density at radius 3 is 2.33 bits per heavy atom. The van der Waals surface area contributed by atoms with E-state index in [4.69, 9.17) is 4.74 Å². The first-order valence-electron chi connectivity index (χ1n) is 6.82. The number of amides is 2. The molecule has 0 saturated heterocycles. The molecule has 0 aliphatic carbocycles. The highest BCUT2D eigenvalue weighted by Crippen LogP contribution is 2.14. The maximum absolute atomic E-state index is 12.0. The van der Waals surface area contributed by atoms with E-state index in [1.54, 1.807) is 45.5 Å². The molecule has 0 saturated carbocycles. The summed E-state index contributed by atoms with van der Waals surface area (Å²) in [6, 6.07) is 6.86. The zero-order valence-corrected chi connectivity index (χ0v) is 13.3. The average Bonchev–Trinajstić information content (AvgIpc) is 2.46. The van der Waals surface area contributed by atoms with E-state index < -0.39 is 0 Å². The number of hydrogen-bond donors (Lipinski definition) is 2. The van der Waals surface area contributed by atoms with Crippen LogP contribution in [0.1, 0.15) is 6.92 Å². The Hall–Kier alpha value is -2.08. The van der Waals surface area contributed by atoms with Crippen molar-refractivity contribution in [2.45, 2.75) is 13.0 Å². The first kappa shape index (κ1) is 17.0. The van der Waals surface area contributed by atoms with Crippen LogP contribution >= 0.6 is 0 Å². The highest BCUT2D eigenvalue weighted by Gasteiger charge is 2.25. The molecule has 116 valence electrons. The number of quaternary nitrogens is 1. The molecule has 2 N–H and O–H groups in total. The molecule has 1 aromatic rings. The molecule has 0 radical (unpaired) electrons. The standard InChI is InChI=1S/C15H23N3O3/c1-11(15(20)17(2)3)18(4)10-14(19)16-12-6-8-13(21-5)9-7-12/h6-9,11H,10H2,1-5H3,(H,16,19)/p+1/t11-/m0/s1. The van der Waals surface area contributed by atoms with Crippen molar-refractivity contribution in [3.63, 3.8) is 0 Å². The van der Waals surface area contributed by atoms with E-state index in [0.29, 0.717) is 5.69 Å². The number of anilines is 1. The molecule has 0 heterocycles. The predicted molar refractivity (Wildman–Crippen MR) is 81.5 cm³/mol. The van der Waals surface area contributed by atoms with Gasteiger partial charge in [-0.25, -0.2) is 0 Å². The minimum Gasteiger partial charge on any atom is -0.497 e. The molecule has 2 atom stereocenters. The van der Waals surface area contributed by atoms with Crippen molar-refractivity contribution in [2.75, 3.05) is 40.1 Å². The summed E-state index contributed by atoms with van der Waals surface area (Å²) < 4.78 is 5.06. The first-order valence-corrected chi connectivity index (χ1v) is 6.82. The summed E-state index contributed by atoms with van der Waals surface area (Å²) in [6.45, 7) is 2.05. The van der Waals surface area contributed by atoms with E-state index in [1.807, 2.05) is 14.0 Å². The Morgan fingerprint density at radius 2 is 1.86 bits per heavy atom. The molecular formula is C15H24N3O3+. The van der Waals surface area contributed by atoms with Crippen LogP contribution < -0.4 is 15.0 Å². The Bertz CT molecular complexity index is 485. The molecule has 1 rings (SSSR count). The number of nitrogens with zero attached hydrogens (tertiary/aromatic N) is 1. The van der Waals surface area contributed by atoms with E-state index in [9.17, 15) is 9.59 Å². The second kappa shape index (κ2) is 7.64. The van der Waals surface area contributed by atoms with Gasteiger partial charge in [-0.05, 0) is 31.2 Å². The second-order valence-corrected chi connectivity index (χ2v) is 5.25. The van der Waals surface area contributed by atoms with Crippen LogP contribution in [-0.2, 0) is 9.59 Å². The third-order valence-electron chi connectivity index (χ3n) is 3.36. The van der Waals surface area contributed by atoms with Gasteiger partial charge in [-0.1, -0.05) is 0 Å². The lowest BCUT2D eigenvalue weighted by atomic mass is 10.2. The lowest BCUT2D eigenvalue weighted by Crippen LogP contribution is -3.15. The summed E-state index contributed by atoms with van der Waals surface area (Å²) in [5.74, 6) is 0.613. The lowest BCUT2D eigenvalue weighted by molar-refractivity contribution is -0.886. The third kappa shape index (κ3) is 5.07. The number of likely N-dealkylation sites (N-methyl/N-ethyl adjacent to an activating group) is 2. The molecule has 0 fully saturated rings. The van der Waals surface area contributed by atoms with Crippen molar-refractivity contribution < 1.29 is 19.2 Å². The minimum absolute atomic E-state index is 0.00440. The van der Waals surface area contributed by atoms with Crippen molar-refractivity contribution in [3.05, 3.63) is 24.3 Å². The quantitative estimate of drug-likeness (QED) is 0.752. The molecule has 0 aliphatic heterocycles. The normalized spacial score (nSPS) is 13.2. The number of ether oxygens (including phenoxy) is 1.